The zero-order chi connectivity index (χ0) is 24.0. The molecule has 0 bridgehead atoms. The third-order valence-electron chi connectivity index (χ3n) is 4.08. The van der Waals surface area contributed by atoms with E-state index in [1.165, 1.54) is 12.1 Å². The number of alkyl halides is 3. The third kappa shape index (κ3) is 7.38. The van der Waals surface area contributed by atoms with Crippen LogP contribution in [-0.2, 0) is 19.8 Å². The lowest BCUT2D eigenvalue weighted by Crippen LogP contribution is -2.40. The van der Waals surface area contributed by atoms with Crippen LogP contribution in [0.25, 0.3) is 0 Å². The van der Waals surface area contributed by atoms with Crippen LogP contribution in [-0.4, -0.2) is 17.7 Å². The smallest absolute Gasteiger partial charge is 0.416 e. The van der Waals surface area contributed by atoms with Gasteiger partial charge in [-0.1, -0.05) is 38.1 Å². The predicted molar refractivity (Wildman–Crippen MR) is 124 cm³/mol. The van der Waals surface area contributed by atoms with Gasteiger partial charge in [0.05, 0.1) is 11.7 Å². The summed E-state index contributed by atoms with van der Waals surface area (Å²) < 4.78 is 48.1. The second kappa shape index (κ2) is 10.7. The van der Waals surface area contributed by atoms with E-state index in [-0.39, 0.29) is 6.10 Å². The number of ether oxygens (including phenoxy) is 2. The molecule has 0 heterocycles. The summed E-state index contributed by atoms with van der Waals surface area (Å²) in [6.07, 6.45) is -4.66. The van der Waals surface area contributed by atoms with E-state index in [1.54, 1.807) is 52.0 Å². The van der Waals surface area contributed by atoms with Crippen molar-refractivity contribution in [2.75, 3.05) is 0 Å². The van der Waals surface area contributed by atoms with Gasteiger partial charge in [-0.3, -0.25) is 0 Å². The predicted octanol–water partition coefficient (Wildman–Crippen LogP) is 6.90. The number of carbonyl (C=O) groups excluding carboxylic acids is 1. The summed E-state index contributed by atoms with van der Waals surface area (Å²) in [5.74, 6) is -0.0524. The molecule has 2 aromatic carbocycles. The molecule has 0 saturated carbocycles. The van der Waals surface area contributed by atoms with Crippen LogP contribution in [0.1, 0.15) is 58.2 Å². The van der Waals surface area contributed by atoms with Gasteiger partial charge in [-0.05, 0) is 63.1 Å². The lowest BCUT2D eigenvalue weighted by atomic mass is 10.0. The fourth-order valence-electron chi connectivity index (χ4n) is 2.51. The highest BCUT2D eigenvalue weighted by atomic mass is 32.2. The van der Waals surface area contributed by atoms with Crippen molar-refractivity contribution in [2.45, 2.75) is 63.5 Å². The number of benzene rings is 2. The molecule has 0 aliphatic heterocycles. The Labute approximate surface area is 193 Å². The van der Waals surface area contributed by atoms with Gasteiger partial charge < -0.3 is 9.47 Å². The van der Waals surface area contributed by atoms with Crippen molar-refractivity contribution in [3.05, 3.63) is 65.2 Å². The molecule has 0 amide bonds. The highest BCUT2D eigenvalue weighted by molar-refractivity contribution is 8.00. The van der Waals surface area contributed by atoms with Crippen molar-refractivity contribution in [1.29, 1.82) is 0 Å². The Morgan fingerprint density at radius 2 is 1.23 bits per heavy atom. The number of esters is 1. The van der Waals surface area contributed by atoms with Crippen LogP contribution < -0.4 is 4.74 Å². The first kappa shape index (κ1) is 27.2. The standard InChI is InChI=1S/C21H23F3O3S2.C2H6/c1-13(2)26-18(25)19(3,4)27-17-11-9-15(10-12-17)20(28,29)14-5-7-16(8-6-14)21(22,23)24;1-2/h5-13,28-29H,1-4H3;1-2H3. The number of hydrogen-bond donors (Lipinski definition) is 2. The van der Waals surface area contributed by atoms with Crippen LogP contribution in [0.4, 0.5) is 13.2 Å². The molecule has 3 nitrogen and oxygen atoms in total. The van der Waals surface area contributed by atoms with Crippen molar-refractivity contribution in [3.8, 4) is 5.75 Å². The fraction of sp³-hybridized carbons (Fsp3) is 0.435. The van der Waals surface area contributed by atoms with E-state index in [0.29, 0.717) is 16.9 Å². The Kier molecular flexibility index (Phi) is 9.38. The minimum Gasteiger partial charge on any atom is -0.476 e. The number of thiol groups is 2. The summed E-state index contributed by atoms with van der Waals surface area (Å²) in [7, 11) is 0. The van der Waals surface area contributed by atoms with Crippen molar-refractivity contribution in [2.24, 2.45) is 0 Å². The molecule has 172 valence electrons. The Balaban J connectivity index is 0.00000233. The first-order valence-corrected chi connectivity index (χ1v) is 10.8. The summed E-state index contributed by atoms with van der Waals surface area (Å²) in [4.78, 5) is 12.1. The molecule has 0 radical (unpaired) electrons. The van der Waals surface area contributed by atoms with Crippen LogP contribution in [0.3, 0.4) is 0 Å². The first-order valence-electron chi connectivity index (χ1n) is 9.86. The topological polar surface area (TPSA) is 35.5 Å². The number of rotatable bonds is 6. The van der Waals surface area contributed by atoms with E-state index in [4.69, 9.17) is 9.47 Å². The summed E-state index contributed by atoms with van der Waals surface area (Å²) in [6.45, 7) is 10.7. The monoisotopic (exact) mass is 474 g/mol. The average molecular weight is 475 g/mol. The molecule has 0 saturated heterocycles. The second-order valence-corrected chi connectivity index (χ2v) is 9.03. The van der Waals surface area contributed by atoms with Gasteiger partial charge in [-0.25, -0.2) is 4.79 Å². The Morgan fingerprint density at radius 1 is 0.839 bits per heavy atom. The van der Waals surface area contributed by atoms with E-state index in [2.05, 4.69) is 25.3 Å². The lowest BCUT2D eigenvalue weighted by Gasteiger charge is -2.27. The maximum atomic E-state index is 12.8. The van der Waals surface area contributed by atoms with Gasteiger partial charge in [-0.15, -0.1) is 0 Å². The minimum atomic E-state index is -4.41. The van der Waals surface area contributed by atoms with Gasteiger partial charge in [-0.2, -0.15) is 38.4 Å². The second-order valence-electron chi connectivity index (χ2n) is 7.34. The molecular weight excluding hydrogens is 445 g/mol. The van der Waals surface area contributed by atoms with Crippen LogP contribution in [0.5, 0.6) is 5.75 Å². The lowest BCUT2D eigenvalue weighted by molar-refractivity contribution is -0.163. The Hall–Kier alpha value is -1.80. The minimum absolute atomic E-state index is 0.259. The molecule has 8 heteroatoms. The van der Waals surface area contributed by atoms with Crippen molar-refractivity contribution in [1.82, 2.24) is 0 Å². The Bertz CT molecular complexity index is 844. The molecule has 0 spiro atoms. The zero-order valence-corrected chi connectivity index (χ0v) is 20.2. The third-order valence-corrected chi connectivity index (χ3v) is 5.11. The summed E-state index contributed by atoms with van der Waals surface area (Å²) in [6, 6.07) is 11.4. The largest absolute Gasteiger partial charge is 0.476 e. The molecular formula is C23H29F3O3S2. The SMILES string of the molecule is CC.CC(C)OC(=O)C(C)(C)Oc1ccc(C(S)(S)c2ccc(C(F)(F)F)cc2)cc1. The molecule has 2 rings (SSSR count). The van der Waals surface area contributed by atoms with Gasteiger partial charge in [0.2, 0.25) is 0 Å². The highest BCUT2D eigenvalue weighted by Crippen LogP contribution is 2.41. The summed E-state index contributed by atoms with van der Waals surface area (Å²) >= 11 is 9.06. The normalized spacial score (nSPS) is 12.1. The van der Waals surface area contributed by atoms with E-state index in [9.17, 15) is 18.0 Å². The van der Waals surface area contributed by atoms with Crippen LogP contribution >= 0.6 is 25.3 Å². The van der Waals surface area contributed by atoms with Gasteiger partial charge in [0, 0.05) is 0 Å². The maximum Gasteiger partial charge on any atom is 0.416 e. The average Bonchev–Trinajstić information content (AvgIpc) is 2.68. The molecule has 0 aliphatic carbocycles. The first-order chi connectivity index (χ1) is 14.2. The molecule has 2 aromatic rings. The van der Waals surface area contributed by atoms with E-state index >= 15 is 0 Å². The summed E-state index contributed by atoms with van der Waals surface area (Å²) in [5.41, 5.74) is -0.790. The van der Waals surface area contributed by atoms with Crippen LogP contribution in [0.15, 0.2) is 48.5 Å². The van der Waals surface area contributed by atoms with Gasteiger partial charge >= 0.3 is 12.1 Å². The molecule has 0 aromatic heterocycles. The Morgan fingerprint density at radius 3 is 1.61 bits per heavy atom. The van der Waals surface area contributed by atoms with E-state index in [1.807, 2.05) is 13.8 Å². The maximum absolute atomic E-state index is 12.8. The molecule has 0 fully saturated rings. The van der Waals surface area contributed by atoms with Crippen LogP contribution in [0.2, 0.25) is 0 Å². The van der Waals surface area contributed by atoms with Gasteiger partial charge in [0.1, 0.15) is 9.83 Å². The molecule has 0 aliphatic rings. The fourth-order valence-corrected chi connectivity index (χ4v) is 3.10. The van der Waals surface area contributed by atoms with Gasteiger partial charge in [0.25, 0.3) is 0 Å². The zero-order valence-electron chi connectivity index (χ0n) is 18.4. The summed E-state index contributed by atoms with van der Waals surface area (Å²) in [5, 5.41) is 0. The number of halogens is 3. The molecule has 0 atom stereocenters. The van der Waals surface area contributed by atoms with Gasteiger partial charge in [0.15, 0.2) is 5.60 Å². The van der Waals surface area contributed by atoms with Crippen molar-refractivity contribution < 1.29 is 27.4 Å². The molecule has 0 unspecified atom stereocenters. The molecule has 0 N–H and O–H groups in total. The van der Waals surface area contributed by atoms with E-state index in [0.717, 1.165) is 12.1 Å². The van der Waals surface area contributed by atoms with Crippen molar-refractivity contribution in [3.63, 3.8) is 0 Å². The quantitative estimate of drug-likeness (QED) is 0.272. The van der Waals surface area contributed by atoms with Crippen molar-refractivity contribution >= 4 is 31.2 Å². The van der Waals surface area contributed by atoms with Crippen LogP contribution in [0, 0.1) is 0 Å². The number of carbonyl (C=O) groups is 1. The highest BCUT2D eigenvalue weighted by Gasteiger charge is 2.34. The van der Waals surface area contributed by atoms with E-state index < -0.39 is 27.4 Å². The number of hydrogen-bond acceptors (Lipinski definition) is 5. The molecule has 31 heavy (non-hydrogen) atoms.